The minimum Gasteiger partial charge on any atom is -0.496 e. The van der Waals surface area contributed by atoms with Crippen molar-refractivity contribution in [3.05, 3.63) is 96.0 Å². The molecule has 3 heterocycles. The Morgan fingerprint density at radius 3 is 2.57 bits per heavy atom. The molecule has 37 heavy (non-hydrogen) atoms. The maximum absolute atomic E-state index is 13.6. The van der Waals surface area contributed by atoms with Crippen molar-refractivity contribution in [2.24, 2.45) is 5.73 Å². The van der Waals surface area contributed by atoms with Gasteiger partial charge in [-0.2, -0.15) is 5.10 Å². The molecule has 184 valence electrons. The largest absolute Gasteiger partial charge is 0.496 e. The number of primary amides is 1. The number of pyridine rings is 1. The summed E-state index contributed by atoms with van der Waals surface area (Å²) in [5.41, 5.74) is 9.02. The highest BCUT2D eigenvalue weighted by Crippen LogP contribution is 2.29. The third-order valence-electron chi connectivity index (χ3n) is 5.73. The highest BCUT2D eigenvalue weighted by Gasteiger charge is 2.19. The number of methoxy groups -OCH3 is 1. The second-order valence-corrected chi connectivity index (χ2v) is 7.99. The number of hydrogen-bond donors (Lipinski definition) is 2. The minimum absolute atomic E-state index is 0.106. The van der Waals surface area contributed by atoms with E-state index in [-0.39, 0.29) is 23.4 Å². The van der Waals surface area contributed by atoms with Crippen LogP contribution < -0.4 is 15.8 Å². The molecule has 5 aromatic rings. The number of benzene rings is 2. The number of nitrogens with one attached hydrogen (secondary N) is 1. The second kappa shape index (κ2) is 9.82. The summed E-state index contributed by atoms with van der Waals surface area (Å²) in [4.78, 5) is 37.3. The summed E-state index contributed by atoms with van der Waals surface area (Å²) in [5, 5.41) is 7.84. The normalized spacial score (nSPS) is 10.9. The van der Waals surface area contributed by atoms with E-state index in [9.17, 15) is 14.0 Å². The van der Waals surface area contributed by atoms with Gasteiger partial charge in [-0.05, 0) is 42.0 Å². The molecule has 3 aromatic heterocycles. The zero-order valence-corrected chi connectivity index (χ0v) is 19.6. The highest BCUT2D eigenvalue weighted by atomic mass is 19.1. The molecule has 0 aliphatic heterocycles. The van der Waals surface area contributed by atoms with Crippen molar-refractivity contribution in [2.45, 2.75) is 6.54 Å². The predicted octanol–water partition coefficient (Wildman–Crippen LogP) is 3.05. The number of amides is 2. The first-order chi connectivity index (χ1) is 18.0. The molecule has 0 unspecified atom stereocenters. The minimum atomic E-state index is -0.638. The molecule has 2 aromatic carbocycles. The summed E-state index contributed by atoms with van der Waals surface area (Å²) < 4.78 is 20.4. The number of nitrogens with two attached hydrogens (primary N) is 1. The lowest BCUT2D eigenvalue weighted by Gasteiger charge is -2.11. The summed E-state index contributed by atoms with van der Waals surface area (Å²) in [5.74, 6) is -1.36. The Kier molecular flexibility index (Phi) is 6.25. The van der Waals surface area contributed by atoms with E-state index in [0.29, 0.717) is 28.0 Å². The second-order valence-electron chi connectivity index (χ2n) is 7.99. The van der Waals surface area contributed by atoms with Crippen LogP contribution in [0.15, 0.2) is 73.4 Å². The molecule has 0 spiro atoms. The number of nitrogens with zero attached hydrogens (tertiary/aromatic N) is 5. The van der Waals surface area contributed by atoms with Crippen LogP contribution in [0.5, 0.6) is 5.75 Å². The van der Waals surface area contributed by atoms with E-state index in [0.717, 1.165) is 11.6 Å². The number of hydrogen-bond acceptors (Lipinski definition) is 7. The molecule has 0 aliphatic rings. The topological polar surface area (TPSA) is 138 Å². The molecule has 0 saturated carbocycles. The molecule has 0 saturated heterocycles. The van der Waals surface area contributed by atoms with Crippen LogP contribution in [0.1, 0.15) is 26.3 Å². The number of halogens is 1. The lowest BCUT2D eigenvalue weighted by Crippen LogP contribution is -2.23. The van der Waals surface area contributed by atoms with E-state index < -0.39 is 17.6 Å². The molecule has 0 aliphatic carbocycles. The molecule has 0 radical (unpaired) electrons. The van der Waals surface area contributed by atoms with Crippen molar-refractivity contribution in [1.29, 1.82) is 0 Å². The Bertz CT molecular complexity index is 1620. The fourth-order valence-electron chi connectivity index (χ4n) is 3.94. The Morgan fingerprint density at radius 1 is 1.05 bits per heavy atom. The first-order valence-corrected chi connectivity index (χ1v) is 11.1. The lowest BCUT2D eigenvalue weighted by atomic mass is 10.1. The SMILES string of the molecule is COc1ccc(F)cc1C(=O)NCc1ccc(-n2ncc3c(-c4ccncn4)ncc(C(N)=O)c32)cc1. The third-order valence-corrected chi connectivity index (χ3v) is 5.73. The van der Waals surface area contributed by atoms with Crippen molar-refractivity contribution >= 4 is 22.7 Å². The number of rotatable bonds is 7. The van der Waals surface area contributed by atoms with E-state index in [2.05, 4.69) is 25.4 Å². The Balaban J connectivity index is 1.43. The summed E-state index contributed by atoms with van der Waals surface area (Å²) in [7, 11) is 1.41. The van der Waals surface area contributed by atoms with Crippen LogP contribution in [-0.4, -0.2) is 43.7 Å². The van der Waals surface area contributed by atoms with Crippen LogP contribution >= 0.6 is 0 Å². The lowest BCUT2D eigenvalue weighted by molar-refractivity contribution is 0.0946. The van der Waals surface area contributed by atoms with Gasteiger partial charge in [0.15, 0.2) is 0 Å². The Hall–Kier alpha value is -5.19. The average molecular weight is 497 g/mol. The van der Waals surface area contributed by atoms with Crippen molar-refractivity contribution in [1.82, 2.24) is 30.0 Å². The first kappa shape index (κ1) is 23.5. The quantitative estimate of drug-likeness (QED) is 0.352. The van der Waals surface area contributed by atoms with Gasteiger partial charge in [0.25, 0.3) is 11.8 Å². The number of aromatic nitrogens is 5. The van der Waals surface area contributed by atoms with Gasteiger partial charge >= 0.3 is 0 Å². The van der Waals surface area contributed by atoms with Gasteiger partial charge in [-0.3, -0.25) is 14.6 Å². The Morgan fingerprint density at radius 2 is 1.86 bits per heavy atom. The van der Waals surface area contributed by atoms with Gasteiger partial charge in [-0.15, -0.1) is 0 Å². The van der Waals surface area contributed by atoms with E-state index in [1.807, 2.05) is 12.1 Å². The van der Waals surface area contributed by atoms with Gasteiger partial charge in [0.1, 0.15) is 17.9 Å². The summed E-state index contributed by atoms with van der Waals surface area (Å²) in [6.07, 6.45) is 6.03. The van der Waals surface area contributed by atoms with Crippen LogP contribution in [0.4, 0.5) is 4.39 Å². The van der Waals surface area contributed by atoms with Gasteiger partial charge in [0.05, 0.1) is 47.0 Å². The van der Waals surface area contributed by atoms with Gasteiger partial charge in [0.2, 0.25) is 0 Å². The maximum atomic E-state index is 13.6. The number of fused-ring (bicyclic) bond motifs is 1. The predicted molar refractivity (Wildman–Crippen MR) is 133 cm³/mol. The standard InChI is InChI=1S/C26H20FN7O3/c1-37-22-7-4-16(27)10-18(22)26(36)31-11-15-2-5-17(6-3-15)34-24-19(13-33-34)23(21-8-9-29-14-32-21)30-12-20(24)25(28)35/h2-10,12-14H,11H2,1H3,(H2,28,35)(H,31,36). The highest BCUT2D eigenvalue weighted by molar-refractivity contribution is 6.08. The van der Waals surface area contributed by atoms with Crippen molar-refractivity contribution in [3.8, 4) is 22.8 Å². The number of carbonyl (C=O) groups excluding carboxylic acids is 2. The summed E-state index contributed by atoms with van der Waals surface area (Å²) in [6.45, 7) is 0.201. The van der Waals surface area contributed by atoms with Crippen LogP contribution in [0.3, 0.4) is 0 Å². The molecule has 10 nitrogen and oxygen atoms in total. The number of ether oxygens (including phenoxy) is 1. The first-order valence-electron chi connectivity index (χ1n) is 11.1. The van der Waals surface area contributed by atoms with Gasteiger partial charge in [-0.25, -0.2) is 19.0 Å². The molecule has 2 amide bonds. The molecule has 3 N–H and O–H groups in total. The Labute approximate surface area is 210 Å². The van der Waals surface area contributed by atoms with E-state index in [1.165, 1.54) is 31.8 Å². The van der Waals surface area contributed by atoms with Crippen molar-refractivity contribution in [2.75, 3.05) is 7.11 Å². The third kappa shape index (κ3) is 4.57. The maximum Gasteiger partial charge on any atom is 0.255 e. The van der Waals surface area contributed by atoms with Crippen LogP contribution in [0.25, 0.3) is 28.0 Å². The molecule has 0 fully saturated rings. The van der Waals surface area contributed by atoms with Crippen LogP contribution in [0, 0.1) is 5.82 Å². The fourth-order valence-corrected chi connectivity index (χ4v) is 3.94. The van der Waals surface area contributed by atoms with Crippen molar-refractivity contribution in [3.63, 3.8) is 0 Å². The zero-order valence-electron chi connectivity index (χ0n) is 19.6. The van der Waals surface area contributed by atoms with Crippen LogP contribution in [0.2, 0.25) is 0 Å². The van der Waals surface area contributed by atoms with Crippen LogP contribution in [-0.2, 0) is 6.54 Å². The molecule has 0 bridgehead atoms. The van der Waals surface area contributed by atoms with Crippen molar-refractivity contribution < 1.29 is 18.7 Å². The van der Waals surface area contributed by atoms with E-state index in [1.54, 1.807) is 35.3 Å². The molecular formula is C26H20FN7O3. The fraction of sp³-hybridized carbons (Fsp3) is 0.0769. The molecule has 0 atom stereocenters. The van der Waals surface area contributed by atoms with Gasteiger partial charge in [0, 0.05) is 24.3 Å². The number of carbonyl (C=O) groups is 2. The van der Waals surface area contributed by atoms with E-state index >= 15 is 0 Å². The van der Waals surface area contributed by atoms with Gasteiger partial charge in [-0.1, -0.05) is 12.1 Å². The molecule has 11 heteroatoms. The summed E-state index contributed by atoms with van der Waals surface area (Å²) >= 11 is 0. The van der Waals surface area contributed by atoms with Gasteiger partial charge < -0.3 is 15.8 Å². The average Bonchev–Trinajstić information content (AvgIpc) is 3.37. The van der Waals surface area contributed by atoms with E-state index in [4.69, 9.17) is 10.5 Å². The molecular weight excluding hydrogens is 477 g/mol. The zero-order chi connectivity index (χ0) is 25.9. The smallest absolute Gasteiger partial charge is 0.255 e. The summed E-state index contributed by atoms with van der Waals surface area (Å²) in [6, 6.07) is 12.7. The monoisotopic (exact) mass is 497 g/mol. The molecule has 5 rings (SSSR count).